The van der Waals surface area contributed by atoms with Crippen LogP contribution in [-0.2, 0) is 32.8 Å². The van der Waals surface area contributed by atoms with E-state index in [1.807, 2.05) is 68.4 Å². The number of amides is 2. The molecule has 3 aromatic rings. The van der Waals surface area contributed by atoms with Crippen molar-refractivity contribution >= 4 is 27.7 Å². The lowest BCUT2D eigenvalue weighted by atomic mass is 10.0. The molecular weight excluding hydrogens is 540 g/mol. The number of rotatable bonds is 13. The summed E-state index contributed by atoms with van der Waals surface area (Å²) in [5, 5.41) is 2.86. The van der Waals surface area contributed by atoms with Crippen molar-refractivity contribution in [3.8, 4) is 5.75 Å². The van der Waals surface area contributed by atoms with Crippen LogP contribution in [0.1, 0.15) is 29.2 Å². The van der Waals surface area contributed by atoms with Crippen LogP contribution in [0.4, 0.5) is 5.69 Å². The third-order valence-corrected chi connectivity index (χ3v) is 8.57. The van der Waals surface area contributed by atoms with Crippen LogP contribution < -0.4 is 14.4 Å². The van der Waals surface area contributed by atoms with E-state index in [1.54, 1.807) is 32.2 Å². The molecule has 3 aromatic carbocycles. The number of nitrogens with zero attached hydrogens (tertiary/aromatic N) is 3. The highest BCUT2D eigenvalue weighted by Gasteiger charge is 2.35. The molecule has 0 unspecified atom stereocenters. The van der Waals surface area contributed by atoms with Crippen LogP contribution in [0, 0.1) is 13.8 Å². The molecule has 0 saturated carbocycles. The van der Waals surface area contributed by atoms with E-state index in [1.165, 1.54) is 19.0 Å². The molecule has 10 heteroatoms. The lowest BCUT2D eigenvalue weighted by Gasteiger charge is -2.34. The summed E-state index contributed by atoms with van der Waals surface area (Å²) in [4.78, 5) is 29.2. The van der Waals surface area contributed by atoms with Crippen molar-refractivity contribution in [3.63, 3.8) is 0 Å². The molecule has 41 heavy (non-hydrogen) atoms. The maximum atomic E-state index is 14.3. The van der Waals surface area contributed by atoms with Crippen molar-refractivity contribution in [2.45, 2.75) is 39.8 Å². The Morgan fingerprint density at radius 3 is 2.24 bits per heavy atom. The third-order valence-electron chi connectivity index (χ3n) is 6.76. The number of nitrogens with one attached hydrogen (secondary N) is 1. The number of hydrogen-bond acceptors (Lipinski definition) is 5. The van der Waals surface area contributed by atoms with Gasteiger partial charge in [-0.15, -0.1) is 0 Å². The van der Waals surface area contributed by atoms with Gasteiger partial charge in [-0.3, -0.25) is 9.59 Å². The van der Waals surface area contributed by atoms with Gasteiger partial charge in [-0.2, -0.15) is 12.7 Å². The van der Waals surface area contributed by atoms with Crippen LogP contribution in [0.2, 0.25) is 0 Å². The minimum absolute atomic E-state index is 0.0767. The highest BCUT2D eigenvalue weighted by Crippen LogP contribution is 2.26. The second kappa shape index (κ2) is 14.1. The van der Waals surface area contributed by atoms with Crippen LogP contribution in [0.5, 0.6) is 5.75 Å². The van der Waals surface area contributed by atoms with E-state index in [0.717, 1.165) is 25.3 Å². The molecule has 220 valence electrons. The van der Waals surface area contributed by atoms with E-state index >= 15 is 0 Å². The van der Waals surface area contributed by atoms with Crippen molar-refractivity contribution in [3.05, 3.63) is 95.1 Å². The maximum Gasteiger partial charge on any atom is 0.304 e. The summed E-state index contributed by atoms with van der Waals surface area (Å²) in [5.41, 5.74) is 3.59. The fourth-order valence-electron chi connectivity index (χ4n) is 4.50. The number of carbonyl (C=O) groups excluding carboxylic acids is 2. The number of carbonyl (C=O) groups is 2. The first-order valence-corrected chi connectivity index (χ1v) is 14.9. The molecule has 3 rings (SSSR count). The first-order valence-electron chi connectivity index (χ1n) is 13.5. The molecule has 1 atom stereocenters. The minimum Gasteiger partial charge on any atom is -0.497 e. The van der Waals surface area contributed by atoms with Crippen molar-refractivity contribution < 1.29 is 22.7 Å². The zero-order valence-electron chi connectivity index (χ0n) is 24.6. The predicted molar refractivity (Wildman–Crippen MR) is 162 cm³/mol. The summed E-state index contributed by atoms with van der Waals surface area (Å²) in [6.07, 6.45) is 0.256. The Labute approximate surface area is 243 Å². The van der Waals surface area contributed by atoms with Crippen LogP contribution in [-0.4, -0.2) is 69.8 Å². The fourth-order valence-corrected chi connectivity index (χ4v) is 5.62. The molecule has 0 fully saturated rings. The van der Waals surface area contributed by atoms with E-state index in [-0.39, 0.29) is 18.9 Å². The standard InChI is InChI=1S/C31H40N4O5S/c1-7-32-31(37)29(20-25-12-9-8-10-13-25)34(21-26-14-11-15-27(19-26)40-6)30(36)22-35(41(38,39)33(4)5)28-18-23(2)16-17-24(28)3/h8-19,29H,7,20-22H2,1-6H3,(H,32,37)/t29-/m0/s1. The van der Waals surface area contributed by atoms with Gasteiger partial charge in [0.1, 0.15) is 18.3 Å². The molecule has 0 aromatic heterocycles. The van der Waals surface area contributed by atoms with Gasteiger partial charge in [-0.25, -0.2) is 4.31 Å². The number of likely N-dealkylation sites (N-methyl/N-ethyl adjacent to an activating group) is 1. The summed E-state index contributed by atoms with van der Waals surface area (Å²) in [6.45, 7) is 5.46. The Kier molecular flexibility index (Phi) is 10.9. The number of benzene rings is 3. The lowest BCUT2D eigenvalue weighted by molar-refractivity contribution is -0.140. The summed E-state index contributed by atoms with van der Waals surface area (Å²) < 4.78 is 34.7. The van der Waals surface area contributed by atoms with Gasteiger partial charge in [0.2, 0.25) is 11.8 Å². The maximum absolute atomic E-state index is 14.3. The fraction of sp³-hybridized carbons (Fsp3) is 0.355. The molecule has 0 heterocycles. The number of methoxy groups -OCH3 is 1. The van der Waals surface area contributed by atoms with Gasteiger partial charge in [-0.1, -0.05) is 54.6 Å². The van der Waals surface area contributed by atoms with Crippen molar-refractivity contribution in [2.75, 3.05) is 38.6 Å². The van der Waals surface area contributed by atoms with Gasteiger partial charge in [0, 0.05) is 33.6 Å². The van der Waals surface area contributed by atoms with E-state index in [0.29, 0.717) is 23.5 Å². The van der Waals surface area contributed by atoms with Gasteiger partial charge in [0.05, 0.1) is 12.8 Å². The zero-order valence-corrected chi connectivity index (χ0v) is 25.4. The van der Waals surface area contributed by atoms with E-state index in [9.17, 15) is 18.0 Å². The average Bonchev–Trinajstić information content (AvgIpc) is 2.95. The van der Waals surface area contributed by atoms with Gasteiger partial charge >= 0.3 is 10.2 Å². The van der Waals surface area contributed by atoms with Crippen LogP contribution in [0.3, 0.4) is 0 Å². The minimum atomic E-state index is -4.06. The summed E-state index contributed by atoms with van der Waals surface area (Å²) in [6, 6.07) is 21.3. The van der Waals surface area contributed by atoms with Crippen LogP contribution in [0.25, 0.3) is 0 Å². The van der Waals surface area contributed by atoms with Gasteiger partial charge < -0.3 is 15.0 Å². The molecule has 9 nitrogen and oxygen atoms in total. The smallest absolute Gasteiger partial charge is 0.304 e. The second-order valence-corrected chi connectivity index (χ2v) is 12.1. The van der Waals surface area contributed by atoms with Crippen molar-refractivity contribution in [2.24, 2.45) is 0 Å². The summed E-state index contributed by atoms with van der Waals surface area (Å²) in [5.74, 6) is -0.215. The number of hydrogen-bond donors (Lipinski definition) is 1. The van der Waals surface area contributed by atoms with Gasteiger partial charge in [0.25, 0.3) is 0 Å². The van der Waals surface area contributed by atoms with Crippen LogP contribution >= 0.6 is 0 Å². The molecule has 0 aliphatic carbocycles. The Morgan fingerprint density at radius 1 is 0.927 bits per heavy atom. The molecule has 1 N–H and O–H groups in total. The van der Waals surface area contributed by atoms with Crippen LogP contribution in [0.15, 0.2) is 72.8 Å². The predicted octanol–water partition coefficient (Wildman–Crippen LogP) is 3.70. The van der Waals surface area contributed by atoms with E-state index in [2.05, 4.69) is 5.32 Å². The molecule has 0 bridgehead atoms. The Bertz CT molecular complexity index is 1440. The number of anilines is 1. The lowest BCUT2D eigenvalue weighted by Crippen LogP contribution is -2.54. The normalized spacial score (nSPS) is 12.1. The third kappa shape index (κ3) is 8.08. The second-order valence-electron chi connectivity index (χ2n) is 10.1. The van der Waals surface area contributed by atoms with E-state index < -0.39 is 28.7 Å². The van der Waals surface area contributed by atoms with Crippen molar-refractivity contribution in [1.82, 2.24) is 14.5 Å². The average molecular weight is 581 g/mol. The quantitative estimate of drug-likeness (QED) is 0.333. The SMILES string of the molecule is CCNC(=O)[C@H](Cc1ccccc1)N(Cc1cccc(OC)c1)C(=O)CN(c1cc(C)ccc1C)S(=O)(=O)N(C)C. The Morgan fingerprint density at radius 2 is 1.61 bits per heavy atom. The topological polar surface area (TPSA) is 99.3 Å². The molecule has 0 radical (unpaired) electrons. The Hall–Kier alpha value is -3.89. The van der Waals surface area contributed by atoms with Crippen molar-refractivity contribution in [1.29, 1.82) is 0 Å². The highest BCUT2D eigenvalue weighted by atomic mass is 32.2. The zero-order chi connectivity index (χ0) is 30.2. The van der Waals surface area contributed by atoms with E-state index in [4.69, 9.17) is 4.74 Å². The Balaban J connectivity index is 2.12. The highest BCUT2D eigenvalue weighted by molar-refractivity contribution is 7.90. The number of aryl methyl sites for hydroxylation is 2. The molecule has 0 aliphatic heterocycles. The van der Waals surface area contributed by atoms with Gasteiger partial charge in [-0.05, 0) is 61.2 Å². The molecule has 0 saturated heterocycles. The first-order chi connectivity index (χ1) is 19.5. The van der Waals surface area contributed by atoms with Gasteiger partial charge in [0.15, 0.2) is 0 Å². The largest absolute Gasteiger partial charge is 0.497 e. The summed E-state index contributed by atoms with van der Waals surface area (Å²) in [7, 11) is 0.358. The molecule has 0 aliphatic rings. The molecule has 2 amide bonds. The molecule has 0 spiro atoms. The monoisotopic (exact) mass is 580 g/mol. The first kappa shape index (κ1) is 31.6. The summed E-state index contributed by atoms with van der Waals surface area (Å²) >= 11 is 0. The number of ether oxygens (including phenoxy) is 1. The molecular formula is C31H40N4O5S.